The highest BCUT2D eigenvalue weighted by atomic mass is 19.1. The smallest absolute Gasteiger partial charge is 0.227 e. The fourth-order valence-corrected chi connectivity index (χ4v) is 3.36. The Morgan fingerprint density at radius 2 is 1.90 bits per heavy atom. The number of carbonyl (C=O) groups excluding carboxylic acids is 2. The van der Waals surface area contributed by atoms with Crippen molar-refractivity contribution < 1.29 is 14.0 Å². The Labute approximate surface area is 170 Å². The van der Waals surface area contributed by atoms with E-state index in [0.29, 0.717) is 37.4 Å². The lowest BCUT2D eigenvalue weighted by Gasteiger charge is -2.20. The number of benzene rings is 1. The van der Waals surface area contributed by atoms with Crippen molar-refractivity contribution in [3.05, 3.63) is 47.7 Å². The highest BCUT2D eigenvalue weighted by molar-refractivity contribution is 5.96. The van der Waals surface area contributed by atoms with E-state index in [4.69, 9.17) is 0 Å². The second-order valence-corrected chi connectivity index (χ2v) is 7.45. The number of anilines is 2. The molecule has 1 aliphatic heterocycles. The molecule has 3 rings (SSSR count). The maximum absolute atomic E-state index is 13.2. The van der Waals surface area contributed by atoms with E-state index in [2.05, 4.69) is 9.97 Å². The molecule has 154 valence electrons. The predicted octanol–water partition coefficient (Wildman–Crippen LogP) is 2.57. The second kappa shape index (κ2) is 8.55. The van der Waals surface area contributed by atoms with Gasteiger partial charge in [0.25, 0.3) is 0 Å². The molecule has 0 saturated carbocycles. The topological polar surface area (TPSA) is 69.6 Å². The molecule has 0 radical (unpaired) electrons. The first-order valence-corrected chi connectivity index (χ1v) is 9.63. The number of aromatic nitrogens is 2. The Bertz CT molecular complexity index is 900. The molecule has 1 atom stereocenters. The van der Waals surface area contributed by atoms with Crippen LogP contribution in [0.5, 0.6) is 0 Å². The summed E-state index contributed by atoms with van der Waals surface area (Å²) in [6.07, 6.45) is 0.741. The van der Waals surface area contributed by atoms with Gasteiger partial charge in [0, 0.05) is 58.2 Å². The van der Waals surface area contributed by atoms with E-state index in [1.54, 1.807) is 29.0 Å². The van der Waals surface area contributed by atoms with Crippen LogP contribution in [0.15, 0.2) is 30.3 Å². The Morgan fingerprint density at radius 1 is 1.21 bits per heavy atom. The van der Waals surface area contributed by atoms with Crippen molar-refractivity contribution >= 4 is 23.3 Å². The summed E-state index contributed by atoms with van der Waals surface area (Å²) in [7, 11) is 5.51. The Morgan fingerprint density at radius 3 is 2.52 bits per heavy atom. The molecule has 0 bridgehead atoms. The van der Waals surface area contributed by atoms with Crippen LogP contribution in [-0.4, -0.2) is 54.4 Å². The van der Waals surface area contributed by atoms with Gasteiger partial charge in [-0.1, -0.05) is 6.92 Å². The summed E-state index contributed by atoms with van der Waals surface area (Å²) >= 11 is 0. The molecule has 1 aromatic heterocycles. The lowest BCUT2D eigenvalue weighted by Crippen LogP contribution is -2.27. The molecule has 2 aromatic rings. The highest BCUT2D eigenvalue weighted by Crippen LogP contribution is 2.32. The molecule has 29 heavy (non-hydrogen) atoms. The van der Waals surface area contributed by atoms with Gasteiger partial charge in [-0.25, -0.2) is 14.4 Å². The van der Waals surface area contributed by atoms with Crippen LogP contribution in [0.25, 0.3) is 0 Å². The van der Waals surface area contributed by atoms with Crippen LogP contribution >= 0.6 is 0 Å². The van der Waals surface area contributed by atoms with Gasteiger partial charge < -0.3 is 14.7 Å². The lowest BCUT2D eigenvalue weighted by molar-refractivity contribution is -0.130. The van der Waals surface area contributed by atoms with Gasteiger partial charge in [-0.15, -0.1) is 0 Å². The van der Waals surface area contributed by atoms with E-state index in [-0.39, 0.29) is 23.5 Å². The molecule has 1 aromatic carbocycles. The molecule has 7 nitrogen and oxygen atoms in total. The van der Waals surface area contributed by atoms with Crippen LogP contribution in [0.1, 0.15) is 37.2 Å². The number of rotatable bonds is 6. The molecular formula is C21H26FN5O2. The fraction of sp³-hybridized carbons (Fsp3) is 0.429. The van der Waals surface area contributed by atoms with Crippen molar-refractivity contribution in [2.75, 3.05) is 37.5 Å². The maximum atomic E-state index is 13.2. The maximum Gasteiger partial charge on any atom is 0.227 e. The molecule has 1 aliphatic rings. The van der Waals surface area contributed by atoms with Crippen LogP contribution in [0.2, 0.25) is 0 Å². The molecule has 2 amide bonds. The lowest BCUT2D eigenvalue weighted by atomic mass is 10.0. The molecule has 0 unspecified atom stereocenters. The molecule has 2 heterocycles. The van der Waals surface area contributed by atoms with Crippen LogP contribution in [-0.2, 0) is 16.1 Å². The zero-order chi connectivity index (χ0) is 21.1. The summed E-state index contributed by atoms with van der Waals surface area (Å²) in [6, 6.07) is 7.80. The van der Waals surface area contributed by atoms with Crippen molar-refractivity contribution in [1.82, 2.24) is 14.9 Å². The van der Waals surface area contributed by atoms with Gasteiger partial charge in [-0.05, 0) is 24.3 Å². The van der Waals surface area contributed by atoms with Gasteiger partial charge in [0.05, 0.1) is 12.2 Å². The minimum atomic E-state index is -0.334. The quantitative estimate of drug-likeness (QED) is 0.747. The number of amides is 2. The summed E-state index contributed by atoms with van der Waals surface area (Å²) in [6.45, 7) is 2.59. The molecule has 8 heteroatoms. The van der Waals surface area contributed by atoms with Gasteiger partial charge in [-0.2, -0.15) is 0 Å². The number of hydrogen-bond donors (Lipinski definition) is 0. The van der Waals surface area contributed by atoms with Crippen molar-refractivity contribution in [2.24, 2.45) is 0 Å². The zero-order valence-electron chi connectivity index (χ0n) is 17.2. The number of nitrogens with zero attached hydrogens (tertiary/aromatic N) is 5. The molecule has 1 saturated heterocycles. The third kappa shape index (κ3) is 4.70. The van der Waals surface area contributed by atoms with Crippen molar-refractivity contribution in [3.8, 4) is 0 Å². The Hall–Kier alpha value is -3.03. The summed E-state index contributed by atoms with van der Waals surface area (Å²) in [5.41, 5.74) is 1.45. The van der Waals surface area contributed by atoms with Crippen molar-refractivity contribution in [1.29, 1.82) is 0 Å². The minimum absolute atomic E-state index is 0.0175. The normalized spacial score (nSPS) is 16.2. The number of halogens is 1. The predicted molar refractivity (Wildman–Crippen MR) is 109 cm³/mol. The Balaban J connectivity index is 1.86. The molecule has 1 fully saturated rings. The third-order valence-corrected chi connectivity index (χ3v) is 5.03. The summed E-state index contributed by atoms with van der Waals surface area (Å²) < 4.78 is 13.2. The van der Waals surface area contributed by atoms with E-state index < -0.39 is 0 Å². The summed E-state index contributed by atoms with van der Waals surface area (Å²) in [5.74, 6) is 0.840. The average molecular weight is 399 g/mol. The van der Waals surface area contributed by atoms with E-state index >= 15 is 0 Å². The first-order chi connectivity index (χ1) is 13.8. The molecule has 0 spiro atoms. The van der Waals surface area contributed by atoms with Crippen LogP contribution in [0.4, 0.5) is 15.9 Å². The number of hydrogen-bond acceptors (Lipinski definition) is 5. The Kier molecular flexibility index (Phi) is 6.10. The van der Waals surface area contributed by atoms with Gasteiger partial charge in [0.2, 0.25) is 11.8 Å². The third-order valence-electron chi connectivity index (χ3n) is 5.03. The molecule has 0 aliphatic carbocycles. The summed E-state index contributed by atoms with van der Waals surface area (Å²) in [4.78, 5) is 38.9. The van der Waals surface area contributed by atoms with E-state index in [0.717, 1.165) is 11.5 Å². The van der Waals surface area contributed by atoms with E-state index in [1.165, 1.54) is 12.1 Å². The second-order valence-electron chi connectivity index (χ2n) is 7.45. The monoisotopic (exact) mass is 399 g/mol. The SMILES string of the molecule is CCC(=O)N(C)Cc1nc([C@H]2CC(=O)N(c3ccc(F)cc3)C2)cc(N(C)C)n1. The van der Waals surface area contributed by atoms with E-state index in [1.807, 2.05) is 32.0 Å². The van der Waals surface area contributed by atoms with Crippen LogP contribution in [0.3, 0.4) is 0 Å². The minimum Gasteiger partial charge on any atom is -0.363 e. The number of carbonyl (C=O) groups is 2. The van der Waals surface area contributed by atoms with E-state index in [9.17, 15) is 14.0 Å². The molecular weight excluding hydrogens is 373 g/mol. The van der Waals surface area contributed by atoms with Gasteiger partial charge in [0.1, 0.15) is 17.5 Å². The van der Waals surface area contributed by atoms with Crippen LogP contribution < -0.4 is 9.80 Å². The van der Waals surface area contributed by atoms with Gasteiger partial charge in [0.15, 0.2) is 0 Å². The fourth-order valence-electron chi connectivity index (χ4n) is 3.36. The largest absolute Gasteiger partial charge is 0.363 e. The van der Waals surface area contributed by atoms with Crippen molar-refractivity contribution in [2.45, 2.75) is 32.2 Å². The first-order valence-electron chi connectivity index (χ1n) is 9.63. The highest BCUT2D eigenvalue weighted by Gasteiger charge is 2.33. The first kappa shape index (κ1) is 20.7. The van der Waals surface area contributed by atoms with Gasteiger partial charge >= 0.3 is 0 Å². The van der Waals surface area contributed by atoms with Crippen molar-refractivity contribution in [3.63, 3.8) is 0 Å². The molecule has 0 N–H and O–H groups in total. The van der Waals surface area contributed by atoms with Gasteiger partial charge in [-0.3, -0.25) is 9.59 Å². The average Bonchev–Trinajstić information content (AvgIpc) is 3.09. The standard InChI is InChI=1S/C21H26FN5O2/c1-5-20(28)26(4)13-18-23-17(11-19(24-18)25(2)3)14-10-21(29)27(12-14)16-8-6-15(22)7-9-16/h6-9,11,14H,5,10,12-13H2,1-4H3/t14-/m0/s1. The van der Waals surface area contributed by atoms with Crippen LogP contribution in [0, 0.1) is 5.82 Å². The summed E-state index contributed by atoms with van der Waals surface area (Å²) in [5, 5.41) is 0. The zero-order valence-corrected chi connectivity index (χ0v) is 17.2.